The molecule has 0 aliphatic carbocycles. The van der Waals surface area contributed by atoms with E-state index in [4.69, 9.17) is 4.52 Å². The van der Waals surface area contributed by atoms with E-state index in [0.717, 1.165) is 0 Å². The van der Waals surface area contributed by atoms with Crippen LogP contribution in [-0.2, 0) is 16.4 Å². The molecule has 6 heteroatoms. The van der Waals surface area contributed by atoms with Crippen LogP contribution in [0.3, 0.4) is 0 Å². The Morgan fingerprint density at radius 2 is 2.06 bits per heavy atom. The predicted octanol–water partition coefficient (Wildman–Crippen LogP) is 1.69. The number of sulfone groups is 1. The first kappa shape index (κ1) is 11.7. The fourth-order valence-electron chi connectivity index (χ4n) is 1.45. The zero-order valence-electron chi connectivity index (χ0n) is 9.25. The van der Waals surface area contributed by atoms with Crippen LogP contribution >= 0.6 is 0 Å². The Labute approximate surface area is 99.4 Å². The third-order valence-electron chi connectivity index (χ3n) is 2.23. The Bertz CT molecular complexity index is 591. The van der Waals surface area contributed by atoms with Gasteiger partial charge in [0.15, 0.2) is 15.6 Å². The molecule has 0 radical (unpaired) electrons. The number of rotatable bonds is 4. The lowest BCUT2D eigenvalue weighted by Crippen LogP contribution is -2.05. The predicted molar refractivity (Wildman–Crippen MR) is 63.4 cm³/mol. The number of nitrogens with one attached hydrogen (secondary N) is 1. The van der Waals surface area contributed by atoms with Gasteiger partial charge in [-0.25, -0.2) is 8.42 Å². The van der Waals surface area contributed by atoms with Gasteiger partial charge in [0.05, 0.1) is 23.3 Å². The molecule has 17 heavy (non-hydrogen) atoms. The van der Waals surface area contributed by atoms with E-state index in [-0.39, 0.29) is 4.90 Å². The minimum absolute atomic E-state index is 0.277. The van der Waals surface area contributed by atoms with E-state index in [1.54, 1.807) is 36.5 Å². The van der Waals surface area contributed by atoms with E-state index in [0.29, 0.717) is 18.0 Å². The molecule has 0 spiro atoms. The van der Waals surface area contributed by atoms with Crippen LogP contribution in [0.1, 0.15) is 5.76 Å². The Morgan fingerprint density at radius 3 is 2.71 bits per heavy atom. The maximum absolute atomic E-state index is 11.5. The Hall–Kier alpha value is -1.82. The number of nitrogens with zero attached hydrogens (tertiary/aromatic N) is 1. The van der Waals surface area contributed by atoms with Crippen molar-refractivity contribution < 1.29 is 12.9 Å². The lowest BCUT2D eigenvalue weighted by molar-refractivity contribution is 0.388. The maximum atomic E-state index is 11.5. The number of para-hydroxylation sites is 1. The molecule has 5 nitrogen and oxygen atoms in total. The van der Waals surface area contributed by atoms with Gasteiger partial charge in [0.2, 0.25) is 0 Å². The normalized spacial score (nSPS) is 11.4. The van der Waals surface area contributed by atoms with E-state index in [1.165, 1.54) is 6.26 Å². The fourth-order valence-corrected chi connectivity index (χ4v) is 2.32. The highest BCUT2D eigenvalue weighted by Gasteiger charge is 2.12. The first-order valence-corrected chi connectivity index (χ1v) is 6.89. The molecule has 1 aromatic heterocycles. The summed E-state index contributed by atoms with van der Waals surface area (Å²) in [5.74, 6) is 0.647. The number of hydrogen-bond acceptors (Lipinski definition) is 5. The van der Waals surface area contributed by atoms with Gasteiger partial charge < -0.3 is 9.84 Å². The van der Waals surface area contributed by atoms with Crippen LogP contribution in [0.25, 0.3) is 0 Å². The summed E-state index contributed by atoms with van der Waals surface area (Å²) in [7, 11) is -3.23. The molecule has 1 aromatic carbocycles. The zero-order valence-corrected chi connectivity index (χ0v) is 10.1. The van der Waals surface area contributed by atoms with Crippen molar-refractivity contribution in [1.29, 1.82) is 0 Å². The average molecular weight is 252 g/mol. The molecule has 90 valence electrons. The second kappa shape index (κ2) is 4.58. The van der Waals surface area contributed by atoms with Crippen molar-refractivity contribution in [2.24, 2.45) is 0 Å². The van der Waals surface area contributed by atoms with Crippen LogP contribution in [0, 0.1) is 0 Å². The van der Waals surface area contributed by atoms with Gasteiger partial charge in [0.25, 0.3) is 0 Å². The fraction of sp³-hybridized carbons (Fsp3) is 0.182. The molecular weight excluding hydrogens is 240 g/mol. The monoisotopic (exact) mass is 252 g/mol. The molecule has 1 N–H and O–H groups in total. The van der Waals surface area contributed by atoms with Crippen LogP contribution in [0.2, 0.25) is 0 Å². The van der Waals surface area contributed by atoms with Gasteiger partial charge in [-0.2, -0.15) is 0 Å². The zero-order chi connectivity index (χ0) is 12.3. The lowest BCUT2D eigenvalue weighted by atomic mass is 10.3. The summed E-state index contributed by atoms with van der Waals surface area (Å²) in [6.45, 7) is 0.395. The summed E-state index contributed by atoms with van der Waals surface area (Å²) in [6.07, 6.45) is 2.72. The van der Waals surface area contributed by atoms with Crippen molar-refractivity contribution in [1.82, 2.24) is 5.16 Å². The standard InChI is InChI=1S/C11H12N2O3S/c1-17(14,15)11-5-3-2-4-10(11)12-8-9-6-7-13-16-9/h2-7,12H,8H2,1H3. The Balaban J connectivity index is 2.22. The van der Waals surface area contributed by atoms with E-state index in [1.807, 2.05) is 0 Å². The molecule has 1 heterocycles. The molecule has 0 bridgehead atoms. The summed E-state index contributed by atoms with van der Waals surface area (Å²) in [5.41, 5.74) is 0.561. The van der Waals surface area contributed by atoms with Gasteiger partial charge >= 0.3 is 0 Å². The van der Waals surface area contributed by atoms with Crippen LogP contribution in [0.15, 0.2) is 45.9 Å². The van der Waals surface area contributed by atoms with Gasteiger partial charge in [0.1, 0.15) is 0 Å². The smallest absolute Gasteiger partial charge is 0.177 e. The molecule has 0 saturated carbocycles. The molecule has 0 aliphatic rings. The third-order valence-corrected chi connectivity index (χ3v) is 3.39. The molecule has 2 aromatic rings. The molecule has 0 amide bonds. The van der Waals surface area contributed by atoms with Crippen molar-refractivity contribution in [2.75, 3.05) is 11.6 Å². The summed E-state index contributed by atoms with van der Waals surface area (Å²) >= 11 is 0. The highest BCUT2D eigenvalue weighted by Crippen LogP contribution is 2.21. The molecule has 0 saturated heterocycles. The van der Waals surface area contributed by atoms with Gasteiger partial charge in [-0.05, 0) is 12.1 Å². The van der Waals surface area contributed by atoms with Gasteiger partial charge in [-0.1, -0.05) is 17.3 Å². The number of hydrogen-bond donors (Lipinski definition) is 1. The summed E-state index contributed by atoms with van der Waals surface area (Å²) in [5, 5.41) is 6.58. The van der Waals surface area contributed by atoms with Gasteiger partial charge in [-0.3, -0.25) is 0 Å². The minimum atomic E-state index is -3.23. The topological polar surface area (TPSA) is 72.2 Å². The first-order chi connectivity index (χ1) is 8.07. The SMILES string of the molecule is CS(=O)(=O)c1ccccc1NCc1ccno1. The molecule has 0 unspecified atom stereocenters. The molecule has 0 atom stereocenters. The molecule has 0 fully saturated rings. The molecule has 2 rings (SSSR count). The maximum Gasteiger partial charge on any atom is 0.177 e. The highest BCUT2D eigenvalue weighted by atomic mass is 32.2. The number of anilines is 1. The summed E-state index contributed by atoms with van der Waals surface area (Å²) in [6, 6.07) is 8.47. The van der Waals surface area contributed by atoms with Crippen molar-refractivity contribution >= 4 is 15.5 Å². The third kappa shape index (κ3) is 2.85. The molecule has 0 aliphatic heterocycles. The van der Waals surface area contributed by atoms with Crippen molar-refractivity contribution in [2.45, 2.75) is 11.4 Å². The van der Waals surface area contributed by atoms with Gasteiger partial charge in [-0.15, -0.1) is 0 Å². The van der Waals surface area contributed by atoms with Crippen molar-refractivity contribution in [3.63, 3.8) is 0 Å². The minimum Gasteiger partial charge on any atom is -0.377 e. The van der Waals surface area contributed by atoms with E-state index in [2.05, 4.69) is 10.5 Å². The van der Waals surface area contributed by atoms with Crippen LogP contribution in [0.5, 0.6) is 0 Å². The van der Waals surface area contributed by atoms with Crippen LogP contribution in [-0.4, -0.2) is 19.8 Å². The van der Waals surface area contributed by atoms with Crippen LogP contribution < -0.4 is 5.32 Å². The highest BCUT2D eigenvalue weighted by molar-refractivity contribution is 7.90. The summed E-state index contributed by atoms with van der Waals surface area (Å²) in [4.78, 5) is 0.277. The Morgan fingerprint density at radius 1 is 1.29 bits per heavy atom. The molecular formula is C11H12N2O3S. The number of benzene rings is 1. The van der Waals surface area contributed by atoms with E-state index < -0.39 is 9.84 Å². The van der Waals surface area contributed by atoms with E-state index >= 15 is 0 Å². The lowest BCUT2D eigenvalue weighted by Gasteiger charge is -2.08. The summed E-state index contributed by atoms with van der Waals surface area (Å²) < 4.78 is 28.0. The van der Waals surface area contributed by atoms with Crippen molar-refractivity contribution in [3.05, 3.63) is 42.3 Å². The Kier molecular flexibility index (Phi) is 3.14. The average Bonchev–Trinajstić information content (AvgIpc) is 2.78. The first-order valence-electron chi connectivity index (χ1n) is 5.00. The van der Waals surface area contributed by atoms with Crippen LogP contribution in [0.4, 0.5) is 5.69 Å². The largest absolute Gasteiger partial charge is 0.377 e. The second-order valence-electron chi connectivity index (χ2n) is 3.60. The quantitative estimate of drug-likeness (QED) is 0.896. The van der Waals surface area contributed by atoms with Gasteiger partial charge in [0, 0.05) is 12.3 Å². The second-order valence-corrected chi connectivity index (χ2v) is 5.58. The number of aromatic nitrogens is 1. The van der Waals surface area contributed by atoms with Crippen molar-refractivity contribution in [3.8, 4) is 0 Å². The van der Waals surface area contributed by atoms with E-state index in [9.17, 15) is 8.42 Å².